The van der Waals surface area contributed by atoms with Crippen LogP contribution in [0, 0.1) is 0 Å². The molecule has 0 rings (SSSR count). The van der Waals surface area contributed by atoms with Gasteiger partial charge in [0.25, 0.3) is 0 Å². The van der Waals surface area contributed by atoms with Gasteiger partial charge in [-0.3, -0.25) is 0 Å². The average Bonchev–Trinajstić information content (AvgIpc) is 3.09. The zero-order valence-electron chi connectivity index (χ0n) is 32.9. The van der Waals surface area contributed by atoms with E-state index in [2.05, 4.69) is 55.4 Å². The van der Waals surface area contributed by atoms with Crippen LogP contribution in [0.25, 0.3) is 0 Å². The maximum absolute atomic E-state index is 5.58. The zero-order valence-corrected chi connectivity index (χ0v) is 36.4. The Morgan fingerprint density at radius 2 is 0.333 bits per heavy atom. The number of rotatable bonds is 38. The van der Waals surface area contributed by atoms with E-state index in [1.165, 1.54) is 73.9 Å². The predicted octanol–water partition coefficient (Wildman–Crippen LogP) is 8.19. The Morgan fingerprint density at radius 3 is 0.438 bits per heavy atom. The molecule has 0 fully saturated rings. The Kier molecular flexibility index (Phi) is 47.8. The highest BCUT2D eigenvalue weighted by molar-refractivity contribution is 7.62. The van der Waals surface area contributed by atoms with Crippen molar-refractivity contribution in [2.45, 2.75) is 55.4 Å². The third-order valence-corrected chi connectivity index (χ3v) is 18.2. The van der Waals surface area contributed by atoms with Crippen LogP contribution in [0.1, 0.15) is 55.4 Å². The first-order chi connectivity index (χ1) is 23.6. The molecule has 0 spiro atoms. The molecule has 0 aromatic rings. The lowest BCUT2D eigenvalue weighted by Gasteiger charge is -2.22. The van der Waals surface area contributed by atoms with Crippen molar-refractivity contribution in [3.63, 3.8) is 0 Å². The second-order valence-corrected chi connectivity index (χ2v) is 21.7. The van der Waals surface area contributed by atoms with Gasteiger partial charge in [-0.1, -0.05) is 0 Å². The lowest BCUT2D eigenvalue weighted by molar-refractivity contribution is 0.160. The molecule has 0 atom stereocenters. The maximum atomic E-state index is 5.58. The Balaban J connectivity index is 0. The van der Waals surface area contributed by atoms with Crippen molar-refractivity contribution in [1.82, 2.24) is 0 Å². The van der Waals surface area contributed by atoms with Crippen molar-refractivity contribution in [2.75, 3.05) is 180 Å². The van der Waals surface area contributed by atoms with Gasteiger partial charge in [-0.25, -0.2) is 0 Å². The van der Waals surface area contributed by atoms with E-state index in [1.54, 1.807) is 0 Å². The maximum Gasteiger partial charge on any atom is 0.0505 e. The average molecular weight is 765 g/mol. The Morgan fingerprint density at radius 1 is 0.208 bits per heavy atom. The number of hydrogen-bond donors (Lipinski definition) is 0. The van der Waals surface area contributed by atoms with Crippen LogP contribution in [0.4, 0.5) is 0 Å². The summed E-state index contributed by atoms with van der Waals surface area (Å²) in [6, 6.07) is 0. The molecule has 292 valence electrons. The summed E-state index contributed by atoms with van der Waals surface area (Å²) in [6.45, 7) is 30.4. The molecule has 8 nitrogen and oxygen atoms in total. The highest BCUT2D eigenvalue weighted by atomic mass is 31.1. The van der Waals surface area contributed by atoms with Gasteiger partial charge in [-0.15, -0.1) is 31.7 Å². The van der Waals surface area contributed by atoms with Crippen molar-refractivity contribution in [3.05, 3.63) is 0 Å². The summed E-state index contributed by atoms with van der Waals surface area (Å²) in [7, 11) is 0.124. The highest BCUT2D eigenvalue weighted by Gasteiger charge is 2.15. The third-order valence-electron chi connectivity index (χ3n) is 7.51. The largest absolute Gasteiger partial charge is 0.381 e. The monoisotopic (exact) mass is 764 g/mol. The minimum atomic E-state index is 0.0310. The molecule has 0 saturated heterocycles. The Bertz CT molecular complexity index is 450. The quantitative estimate of drug-likeness (QED) is 0.0461. The van der Waals surface area contributed by atoms with Crippen molar-refractivity contribution < 1.29 is 37.9 Å². The molecule has 0 aliphatic rings. The standard InChI is InChI=1S/2C18H40O4P2/c2*1-5-19-9-13-23(14-10-20-6-2)17-18-24(15-11-21-7-3)16-12-22-8-4/h2*5-18H2,1-4H3. The normalized spacial score (nSPS) is 11.8. The van der Waals surface area contributed by atoms with Crippen LogP contribution in [0.3, 0.4) is 0 Å². The van der Waals surface area contributed by atoms with Gasteiger partial charge in [0.2, 0.25) is 0 Å². The fourth-order valence-corrected chi connectivity index (χ4v) is 14.9. The van der Waals surface area contributed by atoms with E-state index < -0.39 is 0 Å². The molecule has 0 radical (unpaired) electrons. The van der Waals surface area contributed by atoms with E-state index in [-0.39, 0.29) is 31.7 Å². The summed E-state index contributed by atoms with van der Waals surface area (Å²) in [4.78, 5) is 0. The summed E-state index contributed by atoms with van der Waals surface area (Å²) in [6.07, 6.45) is 15.1. The second-order valence-electron chi connectivity index (χ2n) is 10.9. The summed E-state index contributed by atoms with van der Waals surface area (Å²) < 4.78 is 44.6. The molecule has 0 amide bonds. The topological polar surface area (TPSA) is 73.8 Å². The number of hydrogen-bond acceptors (Lipinski definition) is 8. The Hall–Kier alpha value is 1.40. The molecule has 0 aromatic carbocycles. The molecule has 0 aliphatic carbocycles. The van der Waals surface area contributed by atoms with Crippen LogP contribution < -0.4 is 0 Å². The van der Waals surface area contributed by atoms with Gasteiger partial charge < -0.3 is 37.9 Å². The molecule has 0 N–H and O–H groups in total. The summed E-state index contributed by atoms with van der Waals surface area (Å²) in [5, 5.41) is 0. The van der Waals surface area contributed by atoms with Gasteiger partial charge in [0.1, 0.15) is 0 Å². The van der Waals surface area contributed by atoms with Gasteiger partial charge in [0.05, 0.1) is 52.9 Å². The van der Waals surface area contributed by atoms with E-state index in [4.69, 9.17) is 37.9 Å². The minimum absolute atomic E-state index is 0.0310. The molecule has 0 heterocycles. The molecule has 12 heteroatoms. The van der Waals surface area contributed by atoms with Crippen LogP contribution in [0.2, 0.25) is 0 Å². The lowest BCUT2D eigenvalue weighted by Crippen LogP contribution is -2.11. The first-order valence-electron chi connectivity index (χ1n) is 19.1. The molecule has 0 unspecified atom stereocenters. The number of ether oxygens (including phenoxy) is 8. The molecule has 48 heavy (non-hydrogen) atoms. The van der Waals surface area contributed by atoms with Crippen LogP contribution in [0.5, 0.6) is 0 Å². The molecule has 0 bridgehead atoms. The van der Waals surface area contributed by atoms with Crippen LogP contribution in [-0.2, 0) is 37.9 Å². The van der Waals surface area contributed by atoms with Gasteiger partial charge >= 0.3 is 0 Å². The fraction of sp³-hybridized carbons (Fsp3) is 1.00. The van der Waals surface area contributed by atoms with E-state index in [9.17, 15) is 0 Å². The van der Waals surface area contributed by atoms with Crippen LogP contribution in [-0.4, -0.2) is 180 Å². The molecular weight excluding hydrogens is 684 g/mol. The SMILES string of the molecule is CCOCCP(CCOCC)CCP(CCOCC)CCOCC.CCOCCP(CCOCC)CCP(CCOCC)CCOCC. The smallest absolute Gasteiger partial charge is 0.0505 e. The fourth-order valence-electron chi connectivity index (χ4n) is 4.61. The zero-order chi connectivity index (χ0) is 35.8. The molecule has 0 aliphatic heterocycles. The van der Waals surface area contributed by atoms with Crippen molar-refractivity contribution in [2.24, 2.45) is 0 Å². The summed E-state index contributed by atoms with van der Waals surface area (Å²) >= 11 is 0. The van der Waals surface area contributed by atoms with E-state index in [0.717, 1.165) is 106 Å². The van der Waals surface area contributed by atoms with E-state index in [1.807, 2.05) is 0 Å². The minimum Gasteiger partial charge on any atom is -0.381 e. The summed E-state index contributed by atoms with van der Waals surface area (Å²) in [5.41, 5.74) is 0. The first kappa shape index (κ1) is 51.5. The molecule has 0 aromatic heterocycles. The van der Waals surface area contributed by atoms with Crippen LogP contribution in [0.15, 0.2) is 0 Å². The van der Waals surface area contributed by atoms with Gasteiger partial charge in [-0.05, 0) is 129 Å². The summed E-state index contributed by atoms with van der Waals surface area (Å²) in [5.74, 6) is 0. The lowest BCUT2D eigenvalue weighted by atomic mass is 10.8. The van der Waals surface area contributed by atoms with Gasteiger partial charge in [0, 0.05) is 52.9 Å². The van der Waals surface area contributed by atoms with Crippen molar-refractivity contribution >= 4 is 31.7 Å². The van der Waals surface area contributed by atoms with E-state index in [0.29, 0.717) is 0 Å². The Labute approximate surface area is 303 Å². The predicted molar refractivity (Wildman–Crippen MR) is 218 cm³/mol. The van der Waals surface area contributed by atoms with Crippen molar-refractivity contribution in [1.29, 1.82) is 0 Å². The highest BCUT2D eigenvalue weighted by Crippen LogP contribution is 2.43. The van der Waals surface area contributed by atoms with Crippen LogP contribution >= 0.6 is 31.7 Å². The van der Waals surface area contributed by atoms with E-state index >= 15 is 0 Å². The molecular formula is C36H80O8P4. The third kappa shape index (κ3) is 38.6. The van der Waals surface area contributed by atoms with Gasteiger partial charge in [-0.2, -0.15) is 0 Å². The molecule has 0 saturated carbocycles. The second kappa shape index (κ2) is 44.6. The van der Waals surface area contributed by atoms with Gasteiger partial charge in [0.15, 0.2) is 0 Å². The first-order valence-corrected chi connectivity index (χ1v) is 26.7. The van der Waals surface area contributed by atoms with Crippen molar-refractivity contribution in [3.8, 4) is 0 Å².